The first kappa shape index (κ1) is 15.9. The highest BCUT2D eigenvalue weighted by Crippen LogP contribution is 2.11. The molecule has 0 aromatic heterocycles. The molecule has 1 unspecified atom stereocenters. The fourth-order valence-electron chi connectivity index (χ4n) is 2.00. The molecule has 19 heavy (non-hydrogen) atoms. The molecule has 1 aliphatic rings. The van der Waals surface area contributed by atoms with Crippen molar-refractivity contribution >= 4 is 21.7 Å². The normalized spacial score (nSPS) is 21.0. The van der Waals surface area contributed by atoms with Crippen LogP contribution in [0.3, 0.4) is 0 Å². The van der Waals surface area contributed by atoms with Crippen molar-refractivity contribution in [3.05, 3.63) is 0 Å². The Kier molecular flexibility index (Phi) is 6.27. The van der Waals surface area contributed by atoms with Crippen LogP contribution in [0.15, 0.2) is 0 Å². The SMILES string of the molecule is CCCCCNC(=O)CC(=O)NC1CCS(=O)(=O)C1. The molecule has 0 bridgehead atoms. The summed E-state index contributed by atoms with van der Waals surface area (Å²) >= 11 is 0. The molecule has 1 aliphatic heterocycles. The Morgan fingerprint density at radius 1 is 1.21 bits per heavy atom. The van der Waals surface area contributed by atoms with Crippen LogP contribution in [0, 0.1) is 0 Å². The summed E-state index contributed by atoms with van der Waals surface area (Å²) in [6.07, 6.45) is 3.23. The first-order chi connectivity index (χ1) is 8.93. The van der Waals surface area contributed by atoms with Gasteiger partial charge >= 0.3 is 0 Å². The smallest absolute Gasteiger partial charge is 0.229 e. The average molecular weight is 290 g/mol. The minimum Gasteiger partial charge on any atom is -0.356 e. The van der Waals surface area contributed by atoms with Gasteiger partial charge in [-0.3, -0.25) is 9.59 Å². The lowest BCUT2D eigenvalue weighted by atomic mass is 10.2. The molecule has 1 fully saturated rings. The molecule has 0 spiro atoms. The number of sulfone groups is 1. The minimum absolute atomic E-state index is 0.0170. The largest absolute Gasteiger partial charge is 0.356 e. The molecule has 0 aromatic rings. The van der Waals surface area contributed by atoms with Gasteiger partial charge in [0.2, 0.25) is 11.8 Å². The second-order valence-electron chi connectivity index (χ2n) is 4.90. The Labute approximate surface area is 114 Å². The summed E-state index contributed by atoms with van der Waals surface area (Å²) in [6, 6.07) is -0.342. The highest BCUT2D eigenvalue weighted by Gasteiger charge is 2.29. The number of amides is 2. The Morgan fingerprint density at radius 3 is 2.53 bits per heavy atom. The monoisotopic (exact) mass is 290 g/mol. The number of unbranched alkanes of at least 4 members (excludes halogenated alkanes) is 2. The lowest BCUT2D eigenvalue weighted by molar-refractivity contribution is -0.129. The predicted octanol–water partition coefficient (Wildman–Crippen LogP) is -0.0138. The van der Waals surface area contributed by atoms with Crippen molar-refractivity contribution in [3.63, 3.8) is 0 Å². The molecule has 0 saturated carbocycles. The third kappa shape index (κ3) is 6.56. The summed E-state index contributed by atoms with van der Waals surface area (Å²) in [5, 5.41) is 5.26. The van der Waals surface area contributed by atoms with Gasteiger partial charge in [-0.1, -0.05) is 19.8 Å². The zero-order valence-corrected chi connectivity index (χ0v) is 12.1. The second-order valence-corrected chi connectivity index (χ2v) is 7.13. The molecular weight excluding hydrogens is 268 g/mol. The van der Waals surface area contributed by atoms with Gasteiger partial charge in [0, 0.05) is 12.6 Å². The highest BCUT2D eigenvalue weighted by atomic mass is 32.2. The van der Waals surface area contributed by atoms with E-state index >= 15 is 0 Å². The molecule has 0 aliphatic carbocycles. The van der Waals surface area contributed by atoms with E-state index in [1.54, 1.807) is 0 Å². The van der Waals surface area contributed by atoms with Crippen LogP contribution in [0.2, 0.25) is 0 Å². The van der Waals surface area contributed by atoms with E-state index in [2.05, 4.69) is 17.6 Å². The minimum atomic E-state index is -3.01. The van der Waals surface area contributed by atoms with Crippen LogP contribution in [-0.4, -0.2) is 44.3 Å². The van der Waals surface area contributed by atoms with Crippen molar-refractivity contribution in [1.29, 1.82) is 0 Å². The highest BCUT2D eigenvalue weighted by molar-refractivity contribution is 7.91. The molecule has 7 heteroatoms. The van der Waals surface area contributed by atoms with Crippen molar-refractivity contribution < 1.29 is 18.0 Å². The topological polar surface area (TPSA) is 92.3 Å². The van der Waals surface area contributed by atoms with Crippen LogP contribution in [0.25, 0.3) is 0 Å². The zero-order chi connectivity index (χ0) is 14.3. The van der Waals surface area contributed by atoms with Gasteiger partial charge in [0.1, 0.15) is 6.42 Å². The maximum absolute atomic E-state index is 11.5. The van der Waals surface area contributed by atoms with Crippen molar-refractivity contribution in [2.45, 2.75) is 45.1 Å². The fourth-order valence-corrected chi connectivity index (χ4v) is 3.67. The van der Waals surface area contributed by atoms with Crippen molar-refractivity contribution in [2.75, 3.05) is 18.1 Å². The number of nitrogens with one attached hydrogen (secondary N) is 2. The lowest BCUT2D eigenvalue weighted by Gasteiger charge is -2.10. The van der Waals surface area contributed by atoms with Crippen molar-refractivity contribution in [1.82, 2.24) is 10.6 Å². The molecule has 1 heterocycles. The van der Waals surface area contributed by atoms with Gasteiger partial charge < -0.3 is 10.6 Å². The third-order valence-corrected chi connectivity index (χ3v) is 4.79. The zero-order valence-electron chi connectivity index (χ0n) is 11.3. The van der Waals surface area contributed by atoms with E-state index in [0.29, 0.717) is 13.0 Å². The van der Waals surface area contributed by atoms with E-state index in [4.69, 9.17) is 0 Å². The molecule has 1 saturated heterocycles. The number of carbonyl (C=O) groups is 2. The fraction of sp³-hybridized carbons (Fsp3) is 0.833. The Balaban J connectivity index is 2.19. The third-order valence-electron chi connectivity index (χ3n) is 3.02. The van der Waals surface area contributed by atoms with Crippen LogP contribution in [0.4, 0.5) is 0 Å². The maximum atomic E-state index is 11.5. The van der Waals surface area contributed by atoms with E-state index in [-0.39, 0.29) is 29.9 Å². The summed E-state index contributed by atoms with van der Waals surface area (Å²) in [7, 11) is -3.01. The standard InChI is InChI=1S/C12H22N2O4S/c1-2-3-4-6-13-11(15)8-12(16)14-10-5-7-19(17,18)9-10/h10H,2-9H2,1H3,(H,13,15)(H,14,16). The molecule has 0 radical (unpaired) electrons. The molecule has 0 aromatic carbocycles. The van der Waals surface area contributed by atoms with Crippen LogP contribution in [0.5, 0.6) is 0 Å². The molecule has 2 N–H and O–H groups in total. The predicted molar refractivity (Wildman–Crippen MR) is 72.4 cm³/mol. The molecule has 1 atom stereocenters. The maximum Gasteiger partial charge on any atom is 0.229 e. The van der Waals surface area contributed by atoms with Gasteiger partial charge in [0.15, 0.2) is 9.84 Å². The number of hydrogen-bond donors (Lipinski definition) is 2. The quantitative estimate of drug-likeness (QED) is 0.509. The summed E-state index contributed by atoms with van der Waals surface area (Å²) in [5.74, 6) is -0.623. The Bertz CT molecular complexity index is 419. The van der Waals surface area contributed by atoms with Gasteiger partial charge in [0.05, 0.1) is 11.5 Å². The van der Waals surface area contributed by atoms with Crippen molar-refractivity contribution in [3.8, 4) is 0 Å². The molecular formula is C12H22N2O4S. The molecule has 6 nitrogen and oxygen atoms in total. The van der Waals surface area contributed by atoms with Gasteiger partial charge in [-0.15, -0.1) is 0 Å². The summed E-state index contributed by atoms with van der Waals surface area (Å²) < 4.78 is 22.4. The van der Waals surface area contributed by atoms with E-state index in [0.717, 1.165) is 19.3 Å². The van der Waals surface area contributed by atoms with E-state index < -0.39 is 15.7 Å². The summed E-state index contributed by atoms with van der Waals surface area (Å²) in [4.78, 5) is 23.0. The van der Waals surface area contributed by atoms with E-state index in [1.807, 2.05) is 0 Å². The van der Waals surface area contributed by atoms with Crippen LogP contribution < -0.4 is 10.6 Å². The Hall–Kier alpha value is -1.11. The van der Waals surface area contributed by atoms with Crippen LogP contribution in [-0.2, 0) is 19.4 Å². The summed E-state index contributed by atoms with van der Waals surface area (Å²) in [5.41, 5.74) is 0. The first-order valence-electron chi connectivity index (χ1n) is 6.69. The number of carbonyl (C=O) groups excluding carboxylic acids is 2. The lowest BCUT2D eigenvalue weighted by Crippen LogP contribution is -2.38. The van der Waals surface area contributed by atoms with Gasteiger partial charge in [0.25, 0.3) is 0 Å². The van der Waals surface area contributed by atoms with Crippen LogP contribution in [0.1, 0.15) is 39.0 Å². The molecule has 1 rings (SSSR count). The number of rotatable bonds is 7. The van der Waals surface area contributed by atoms with Crippen LogP contribution >= 0.6 is 0 Å². The summed E-state index contributed by atoms with van der Waals surface area (Å²) in [6.45, 7) is 2.66. The first-order valence-corrected chi connectivity index (χ1v) is 8.51. The van der Waals surface area contributed by atoms with E-state index in [9.17, 15) is 18.0 Å². The Morgan fingerprint density at radius 2 is 1.95 bits per heavy atom. The molecule has 2 amide bonds. The number of hydrogen-bond acceptors (Lipinski definition) is 4. The van der Waals surface area contributed by atoms with Gasteiger partial charge in [-0.05, 0) is 12.8 Å². The van der Waals surface area contributed by atoms with Crippen molar-refractivity contribution in [2.24, 2.45) is 0 Å². The second kappa shape index (κ2) is 7.47. The van der Waals surface area contributed by atoms with Gasteiger partial charge in [-0.2, -0.15) is 0 Å². The average Bonchev–Trinajstić information content (AvgIpc) is 2.64. The molecule has 110 valence electrons. The van der Waals surface area contributed by atoms with E-state index in [1.165, 1.54) is 0 Å². The van der Waals surface area contributed by atoms with Gasteiger partial charge in [-0.25, -0.2) is 8.42 Å².